The van der Waals surface area contributed by atoms with Crippen LogP contribution in [0.3, 0.4) is 0 Å². The first kappa shape index (κ1) is 45.3. The standard InChI is InChI=1S/C39H47N3O16/c1-7-18-53-39(38(47)48-6)36(57-26(5)46)34(56-25(4)45)33(55-24(3)44)32(58-39)30(54-23(2)43)22-52-37-35(50-20-28-16-12-9-13-17-28)31(29(21-51-37)41-42-40)49-19-27-14-10-8-11-15-27/h7-17,29-37H,1,18-22H2,2-6H3/t29-,30+,31-,32+,33-,34-,35+,36-,37-,39+/m0/s1. The van der Waals surface area contributed by atoms with Gasteiger partial charge in [-0.2, -0.15) is 0 Å². The summed E-state index contributed by atoms with van der Waals surface area (Å²) in [5.41, 5.74) is 11.0. The Morgan fingerprint density at radius 3 is 1.91 bits per heavy atom. The van der Waals surface area contributed by atoms with Crippen molar-refractivity contribution < 1.29 is 76.1 Å². The lowest BCUT2D eigenvalue weighted by molar-refractivity contribution is -0.362. The molecule has 58 heavy (non-hydrogen) atoms. The molecule has 2 aromatic carbocycles. The number of benzene rings is 2. The Bertz CT molecular complexity index is 1760. The van der Waals surface area contributed by atoms with Gasteiger partial charge in [0.2, 0.25) is 6.10 Å². The van der Waals surface area contributed by atoms with Crippen molar-refractivity contribution in [3.63, 3.8) is 0 Å². The predicted octanol–water partition coefficient (Wildman–Crippen LogP) is 3.41. The molecule has 2 aliphatic rings. The van der Waals surface area contributed by atoms with E-state index in [0.717, 1.165) is 45.9 Å². The highest BCUT2D eigenvalue weighted by Crippen LogP contribution is 2.40. The van der Waals surface area contributed by atoms with Crippen LogP contribution in [0, 0.1) is 0 Å². The number of carbonyl (C=O) groups excluding carboxylic acids is 5. The van der Waals surface area contributed by atoms with Crippen LogP contribution in [0.5, 0.6) is 0 Å². The molecule has 0 aliphatic carbocycles. The zero-order valence-electron chi connectivity index (χ0n) is 32.7. The molecule has 2 saturated heterocycles. The van der Waals surface area contributed by atoms with E-state index in [0.29, 0.717) is 0 Å². The molecule has 2 heterocycles. The zero-order valence-corrected chi connectivity index (χ0v) is 32.7. The van der Waals surface area contributed by atoms with Gasteiger partial charge in [0.25, 0.3) is 0 Å². The number of azide groups is 1. The molecule has 0 bridgehead atoms. The van der Waals surface area contributed by atoms with Gasteiger partial charge in [0.15, 0.2) is 24.6 Å². The lowest BCUT2D eigenvalue weighted by Crippen LogP contribution is -2.73. The van der Waals surface area contributed by atoms with Crippen LogP contribution in [0.15, 0.2) is 78.4 Å². The van der Waals surface area contributed by atoms with Gasteiger partial charge in [-0.15, -0.1) is 6.58 Å². The van der Waals surface area contributed by atoms with Gasteiger partial charge >= 0.3 is 35.6 Å². The molecular weight excluding hydrogens is 766 g/mol. The molecule has 19 nitrogen and oxygen atoms in total. The van der Waals surface area contributed by atoms with Gasteiger partial charge in [-0.25, -0.2) is 4.79 Å². The Labute approximate surface area is 334 Å². The number of hydrogen-bond acceptors (Lipinski definition) is 17. The van der Waals surface area contributed by atoms with Gasteiger partial charge in [-0.05, 0) is 16.7 Å². The second-order valence-electron chi connectivity index (χ2n) is 13.0. The molecule has 19 heteroatoms. The summed E-state index contributed by atoms with van der Waals surface area (Å²) in [5.74, 6) is -7.72. The summed E-state index contributed by atoms with van der Waals surface area (Å²) < 4.78 is 64.5. The van der Waals surface area contributed by atoms with E-state index < -0.39 is 104 Å². The Hall–Kier alpha value is -5.40. The van der Waals surface area contributed by atoms with Crippen LogP contribution >= 0.6 is 0 Å². The summed E-state index contributed by atoms with van der Waals surface area (Å²) in [5, 5.41) is 3.90. The van der Waals surface area contributed by atoms with Crippen molar-refractivity contribution in [3.05, 3.63) is 94.9 Å². The third-order valence-corrected chi connectivity index (χ3v) is 8.70. The van der Waals surface area contributed by atoms with E-state index >= 15 is 0 Å². The molecule has 0 saturated carbocycles. The largest absolute Gasteiger partial charge is 0.465 e. The van der Waals surface area contributed by atoms with Crippen LogP contribution in [0.1, 0.15) is 38.8 Å². The maximum atomic E-state index is 13.7. The first-order valence-electron chi connectivity index (χ1n) is 18.1. The number of rotatable bonds is 19. The lowest BCUT2D eigenvalue weighted by atomic mass is 9.88. The van der Waals surface area contributed by atoms with Crippen molar-refractivity contribution in [2.75, 3.05) is 26.9 Å². The predicted molar refractivity (Wildman–Crippen MR) is 197 cm³/mol. The quantitative estimate of drug-likeness (QED) is 0.0493. The van der Waals surface area contributed by atoms with Crippen molar-refractivity contribution in [1.29, 1.82) is 0 Å². The molecule has 0 aromatic heterocycles. The monoisotopic (exact) mass is 813 g/mol. The first-order chi connectivity index (χ1) is 27.8. The molecule has 0 N–H and O–H groups in total. The fourth-order valence-electron chi connectivity index (χ4n) is 6.41. The summed E-state index contributed by atoms with van der Waals surface area (Å²) in [4.78, 5) is 67.1. The van der Waals surface area contributed by atoms with Crippen molar-refractivity contribution in [2.24, 2.45) is 5.11 Å². The normalized spacial score (nSPS) is 27.1. The molecular formula is C39H47N3O16. The van der Waals surface area contributed by atoms with Crippen molar-refractivity contribution in [1.82, 2.24) is 0 Å². The minimum atomic E-state index is -2.73. The van der Waals surface area contributed by atoms with Crippen LogP contribution in [0.4, 0.5) is 0 Å². The summed E-state index contributed by atoms with van der Waals surface area (Å²) in [6.45, 7) is 6.65. The minimum Gasteiger partial charge on any atom is -0.465 e. The SMILES string of the molecule is C=CCO[C@@]1(C(=O)OC)O[C@H]([C@@H](CO[C@@H]2OC[C@H](N=[N+]=[N-])[C@H](OCc3ccccc3)[C@H]2OCc2ccccc2)OC(C)=O)[C@H](OC(C)=O)[C@H](OC(C)=O)[C@@H]1OC(C)=O. The second kappa shape index (κ2) is 21.9. The van der Waals surface area contributed by atoms with Crippen LogP contribution in [0.2, 0.25) is 0 Å². The Kier molecular flexibility index (Phi) is 17.1. The lowest BCUT2D eigenvalue weighted by Gasteiger charge is -2.50. The average molecular weight is 814 g/mol. The Morgan fingerprint density at radius 1 is 0.828 bits per heavy atom. The van der Waals surface area contributed by atoms with Crippen LogP contribution in [-0.4, -0.2) is 118 Å². The molecule has 2 aromatic rings. The summed E-state index contributed by atoms with van der Waals surface area (Å²) in [7, 11) is 0.992. The van der Waals surface area contributed by atoms with E-state index in [1.165, 1.54) is 6.08 Å². The smallest absolute Gasteiger partial charge is 0.370 e. The number of ether oxygens (including phenoxy) is 11. The molecule has 10 atom stereocenters. The molecule has 0 spiro atoms. The zero-order chi connectivity index (χ0) is 42.2. The summed E-state index contributed by atoms with van der Waals surface area (Å²) in [6.07, 6.45) is -11.0. The van der Waals surface area contributed by atoms with E-state index in [1.807, 2.05) is 60.7 Å². The Morgan fingerprint density at radius 2 is 1.40 bits per heavy atom. The number of hydrogen-bond donors (Lipinski definition) is 0. The molecule has 0 amide bonds. The van der Waals surface area contributed by atoms with E-state index in [4.69, 9.17) is 52.1 Å². The van der Waals surface area contributed by atoms with Gasteiger partial charge in [0.1, 0.15) is 12.2 Å². The Balaban J connectivity index is 1.78. The summed E-state index contributed by atoms with van der Waals surface area (Å²) in [6, 6.07) is 17.5. The van der Waals surface area contributed by atoms with Gasteiger partial charge in [0, 0.05) is 32.6 Å². The van der Waals surface area contributed by atoms with E-state index in [-0.39, 0.29) is 19.8 Å². The average Bonchev–Trinajstić information content (AvgIpc) is 3.19. The highest BCUT2D eigenvalue weighted by molar-refractivity contribution is 5.80. The van der Waals surface area contributed by atoms with Gasteiger partial charge in [-0.1, -0.05) is 71.9 Å². The highest BCUT2D eigenvalue weighted by Gasteiger charge is 2.67. The molecule has 0 radical (unpaired) electrons. The third kappa shape index (κ3) is 12.1. The highest BCUT2D eigenvalue weighted by atomic mass is 16.8. The van der Waals surface area contributed by atoms with Crippen LogP contribution < -0.4 is 0 Å². The van der Waals surface area contributed by atoms with Gasteiger partial charge < -0.3 is 52.1 Å². The number of esters is 5. The van der Waals surface area contributed by atoms with E-state index in [9.17, 15) is 29.5 Å². The van der Waals surface area contributed by atoms with Crippen molar-refractivity contribution in [2.45, 2.75) is 102 Å². The van der Waals surface area contributed by atoms with Crippen LogP contribution in [0.25, 0.3) is 10.4 Å². The van der Waals surface area contributed by atoms with Crippen molar-refractivity contribution in [3.8, 4) is 0 Å². The van der Waals surface area contributed by atoms with Gasteiger partial charge in [0.05, 0.1) is 52.3 Å². The topological polar surface area (TPSA) is 236 Å². The van der Waals surface area contributed by atoms with Crippen LogP contribution in [-0.2, 0) is 89.3 Å². The van der Waals surface area contributed by atoms with E-state index in [1.54, 1.807) is 0 Å². The van der Waals surface area contributed by atoms with Crippen molar-refractivity contribution >= 4 is 29.8 Å². The third-order valence-electron chi connectivity index (χ3n) is 8.70. The number of methoxy groups -OCH3 is 1. The molecule has 2 fully saturated rings. The maximum absolute atomic E-state index is 13.7. The molecule has 314 valence electrons. The molecule has 2 aliphatic heterocycles. The number of carbonyl (C=O) groups is 5. The maximum Gasteiger partial charge on any atom is 0.370 e. The second-order valence-corrected chi connectivity index (χ2v) is 13.0. The number of nitrogens with zero attached hydrogens (tertiary/aromatic N) is 3. The summed E-state index contributed by atoms with van der Waals surface area (Å²) >= 11 is 0. The molecule has 4 rings (SSSR count). The fraction of sp³-hybridized carbons (Fsp3) is 0.513. The minimum absolute atomic E-state index is 0.0421. The van der Waals surface area contributed by atoms with E-state index in [2.05, 4.69) is 16.6 Å². The van der Waals surface area contributed by atoms with Gasteiger partial charge in [-0.3, -0.25) is 19.2 Å². The fourth-order valence-corrected chi connectivity index (χ4v) is 6.41. The first-order valence-corrected chi connectivity index (χ1v) is 18.1. The molecule has 0 unspecified atom stereocenters.